The normalized spacial score (nSPS) is 14.8. The summed E-state index contributed by atoms with van der Waals surface area (Å²) >= 11 is 9.91. The van der Waals surface area contributed by atoms with Gasteiger partial charge < -0.3 is 9.47 Å². The van der Waals surface area contributed by atoms with E-state index in [0.29, 0.717) is 17.5 Å². The fraction of sp³-hybridized carbons (Fsp3) is 0.353. The number of hydrogen-bond acceptors (Lipinski definition) is 4. The highest BCUT2D eigenvalue weighted by molar-refractivity contribution is 9.10. The molecule has 1 aromatic carbocycles. The Morgan fingerprint density at radius 3 is 3.04 bits per heavy atom. The number of methoxy groups -OCH3 is 1. The molecule has 0 aliphatic carbocycles. The predicted molar refractivity (Wildman–Crippen MR) is 94.3 cm³/mol. The average molecular weight is 398 g/mol. The Labute approximate surface area is 149 Å². The van der Waals surface area contributed by atoms with Crippen LogP contribution in [0.3, 0.4) is 0 Å². The molecule has 0 atom stereocenters. The van der Waals surface area contributed by atoms with Gasteiger partial charge in [0.2, 0.25) is 5.88 Å². The summed E-state index contributed by atoms with van der Waals surface area (Å²) in [5, 5.41) is 0.657. The summed E-state index contributed by atoms with van der Waals surface area (Å²) in [6.07, 6.45) is 1.77. The summed E-state index contributed by atoms with van der Waals surface area (Å²) in [5.41, 5.74) is 3.48. The Kier molecular flexibility index (Phi) is 5.09. The molecule has 1 aliphatic heterocycles. The number of fused-ring (bicyclic) bond motifs is 1. The first-order valence-electron chi connectivity index (χ1n) is 7.40. The van der Waals surface area contributed by atoms with E-state index in [1.54, 1.807) is 13.3 Å². The Morgan fingerprint density at radius 2 is 2.26 bits per heavy atom. The lowest BCUT2D eigenvalue weighted by Gasteiger charge is -2.20. The minimum Gasteiger partial charge on any atom is -0.490 e. The highest BCUT2D eigenvalue weighted by Gasteiger charge is 2.21. The number of ether oxygens (including phenoxy) is 2. The maximum atomic E-state index is 6.34. The van der Waals surface area contributed by atoms with Crippen molar-refractivity contribution in [3.05, 3.63) is 50.6 Å². The van der Waals surface area contributed by atoms with Gasteiger partial charge in [0, 0.05) is 41.9 Å². The highest BCUT2D eigenvalue weighted by Crippen LogP contribution is 2.38. The van der Waals surface area contributed by atoms with Gasteiger partial charge in [0.05, 0.1) is 12.1 Å². The molecule has 3 rings (SSSR count). The van der Waals surface area contributed by atoms with Crippen molar-refractivity contribution >= 4 is 27.5 Å². The predicted octanol–water partition coefficient (Wildman–Crippen LogP) is 4.21. The van der Waals surface area contributed by atoms with E-state index in [2.05, 4.69) is 32.7 Å². The molecule has 122 valence electrons. The molecule has 1 aromatic heterocycles. The molecule has 0 fully saturated rings. The van der Waals surface area contributed by atoms with Gasteiger partial charge in [0.25, 0.3) is 0 Å². The third-order valence-electron chi connectivity index (χ3n) is 4.01. The van der Waals surface area contributed by atoms with Crippen molar-refractivity contribution < 1.29 is 9.47 Å². The average Bonchev–Trinajstić information content (AvgIpc) is 2.76. The zero-order valence-corrected chi connectivity index (χ0v) is 15.4. The zero-order valence-electron chi connectivity index (χ0n) is 13.1. The fourth-order valence-corrected chi connectivity index (χ4v) is 3.60. The largest absolute Gasteiger partial charge is 0.490 e. The molecular formula is C17H18BrClN2O2. The van der Waals surface area contributed by atoms with Crippen LogP contribution in [0.2, 0.25) is 5.02 Å². The van der Waals surface area contributed by atoms with E-state index >= 15 is 0 Å². The van der Waals surface area contributed by atoms with Gasteiger partial charge >= 0.3 is 0 Å². The van der Waals surface area contributed by atoms with Crippen LogP contribution in [0.4, 0.5) is 0 Å². The molecule has 0 unspecified atom stereocenters. The summed E-state index contributed by atoms with van der Waals surface area (Å²) in [4.78, 5) is 6.50. The van der Waals surface area contributed by atoms with Crippen molar-refractivity contribution in [2.24, 2.45) is 0 Å². The molecule has 0 N–H and O–H groups in total. The third kappa shape index (κ3) is 3.62. The fourth-order valence-electron chi connectivity index (χ4n) is 2.72. The number of halogens is 2. The van der Waals surface area contributed by atoms with Crippen molar-refractivity contribution in [3.63, 3.8) is 0 Å². The Balaban J connectivity index is 1.86. The number of benzene rings is 1. The number of pyridine rings is 1. The van der Waals surface area contributed by atoms with Crippen molar-refractivity contribution in [1.82, 2.24) is 9.88 Å². The summed E-state index contributed by atoms with van der Waals surface area (Å²) in [5.74, 6) is 1.44. The van der Waals surface area contributed by atoms with E-state index in [1.165, 1.54) is 11.1 Å². The van der Waals surface area contributed by atoms with Gasteiger partial charge in [-0.3, -0.25) is 4.90 Å². The smallest absolute Gasteiger partial charge is 0.213 e. The number of nitrogens with zero attached hydrogens (tertiary/aromatic N) is 2. The summed E-state index contributed by atoms with van der Waals surface area (Å²) in [6, 6.07) is 5.88. The quantitative estimate of drug-likeness (QED) is 0.777. The molecule has 6 heteroatoms. The van der Waals surface area contributed by atoms with Crippen LogP contribution in [-0.2, 0) is 13.1 Å². The van der Waals surface area contributed by atoms with E-state index in [0.717, 1.165) is 35.4 Å². The van der Waals surface area contributed by atoms with Crippen LogP contribution in [0.5, 0.6) is 11.6 Å². The van der Waals surface area contributed by atoms with Crippen molar-refractivity contribution in [2.45, 2.75) is 20.0 Å². The highest BCUT2D eigenvalue weighted by atomic mass is 79.9. The molecule has 2 aromatic rings. The van der Waals surface area contributed by atoms with Crippen LogP contribution in [0.15, 0.2) is 28.9 Å². The van der Waals surface area contributed by atoms with Gasteiger partial charge in [0.15, 0.2) is 0 Å². The number of rotatable bonds is 3. The van der Waals surface area contributed by atoms with Crippen LogP contribution in [0.25, 0.3) is 0 Å². The molecule has 0 spiro atoms. The Morgan fingerprint density at radius 1 is 1.43 bits per heavy atom. The minimum absolute atomic E-state index is 0.621. The molecule has 0 bridgehead atoms. The summed E-state index contributed by atoms with van der Waals surface area (Å²) in [6.45, 7) is 5.15. The second-order valence-electron chi connectivity index (χ2n) is 5.54. The lowest BCUT2D eigenvalue weighted by Crippen LogP contribution is -2.25. The Bertz CT molecular complexity index is 724. The van der Waals surface area contributed by atoms with Crippen LogP contribution in [0, 0.1) is 6.92 Å². The van der Waals surface area contributed by atoms with Gasteiger partial charge in [-0.25, -0.2) is 4.98 Å². The lowest BCUT2D eigenvalue weighted by atomic mass is 10.1. The molecule has 0 amide bonds. The SMILES string of the molecule is COc1cc(CN2CCOc3c(Cl)cc(Br)c(C)c3C2)ccn1. The first-order chi connectivity index (χ1) is 11.1. The second kappa shape index (κ2) is 7.07. The standard InChI is InChI=1S/C17H18BrClN2O2/c1-11-13-10-21(9-12-3-4-20-16(7-12)22-2)5-6-23-17(13)15(19)8-14(11)18/h3-4,7-8H,5-6,9-10H2,1-2H3. The minimum atomic E-state index is 0.621. The van der Waals surface area contributed by atoms with E-state index in [9.17, 15) is 0 Å². The number of aromatic nitrogens is 1. The van der Waals surface area contributed by atoms with Gasteiger partial charge in [-0.15, -0.1) is 0 Å². The zero-order chi connectivity index (χ0) is 16.4. The maximum absolute atomic E-state index is 6.34. The molecular weight excluding hydrogens is 380 g/mol. The van der Waals surface area contributed by atoms with Gasteiger partial charge in [-0.05, 0) is 30.2 Å². The second-order valence-corrected chi connectivity index (χ2v) is 6.80. The topological polar surface area (TPSA) is 34.6 Å². The molecule has 0 saturated heterocycles. The monoisotopic (exact) mass is 396 g/mol. The summed E-state index contributed by atoms with van der Waals surface area (Å²) in [7, 11) is 1.63. The van der Waals surface area contributed by atoms with Crippen LogP contribution >= 0.6 is 27.5 Å². The van der Waals surface area contributed by atoms with E-state index < -0.39 is 0 Å². The van der Waals surface area contributed by atoms with E-state index in [1.807, 2.05) is 18.2 Å². The molecule has 23 heavy (non-hydrogen) atoms. The van der Waals surface area contributed by atoms with Crippen LogP contribution in [0.1, 0.15) is 16.7 Å². The van der Waals surface area contributed by atoms with Gasteiger partial charge in [0.1, 0.15) is 12.4 Å². The molecule has 0 radical (unpaired) electrons. The van der Waals surface area contributed by atoms with Gasteiger partial charge in [-0.1, -0.05) is 27.5 Å². The molecule has 1 aliphatic rings. The molecule has 4 nitrogen and oxygen atoms in total. The number of hydrogen-bond donors (Lipinski definition) is 0. The molecule has 2 heterocycles. The lowest BCUT2D eigenvalue weighted by molar-refractivity contribution is 0.219. The summed E-state index contributed by atoms with van der Waals surface area (Å²) < 4.78 is 12.1. The van der Waals surface area contributed by atoms with Crippen molar-refractivity contribution in [2.75, 3.05) is 20.3 Å². The maximum Gasteiger partial charge on any atom is 0.213 e. The van der Waals surface area contributed by atoms with Crippen LogP contribution in [-0.4, -0.2) is 30.1 Å². The van der Waals surface area contributed by atoms with E-state index in [4.69, 9.17) is 21.1 Å². The van der Waals surface area contributed by atoms with Gasteiger partial charge in [-0.2, -0.15) is 0 Å². The first-order valence-corrected chi connectivity index (χ1v) is 8.57. The third-order valence-corrected chi connectivity index (χ3v) is 5.11. The van der Waals surface area contributed by atoms with Crippen LogP contribution < -0.4 is 9.47 Å². The first kappa shape index (κ1) is 16.6. The van der Waals surface area contributed by atoms with E-state index in [-0.39, 0.29) is 0 Å². The van der Waals surface area contributed by atoms with Crippen molar-refractivity contribution in [1.29, 1.82) is 0 Å². The molecule has 0 saturated carbocycles. The Hall–Kier alpha value is -1.30. The van der Waals surface area contributed by atoms with Crippen molar-refractivity contribution in [3.8, 4) is 11.6 Å².